The normalized spacial score (nSPS) is 26.2. The predicted molar refractivity (Wildman–Crippen MR) is 84.0 cm³/mol. The van der Waals surface area contributed by atoms with Gasteiger partial charge in [-0.25, -0.2) is 0 Å². The molecule has 0 radical (unpaired) electrons. The van der Waals surface area contributed by atoms with Crippen molar-refractivity contribution in [2.45, 2.75) is 58.0 Å². The van der Waals surface area contributed by atoms with Crippen molar-refractivity contribution >= 4 is 5.69 Å². The van der Waals surface area contributed by atoms with Crippen LogP contribution >= 0.6 is 0 Å². The molecule has 1 aliphatic carbocycles. The van der Waals surface area contributed by atoms with Gasteiger partial charge in [-0.2, -0.15) is 0 Å². The molecule has 1 aliphatic heterocycles. The van der Waals surface area contributed by atoms with E-state index in [9.17, 15) is 0 Å². The number of fused-ring (bicyclic) bond motifs is 2. The summed E-state index contributed by atoms with van der Waals surface area (Å²) in [7, 11) is 0. The molecule has 3 unspecified atom stereocenters. The van der Waals surface area contributed by atoms with Crippen molar-refractivity contribution in [3.8, 4) is 0 Å². The maximum absolute atomic E-state index is 4.73. The van der Waals surface area contributed by atoms with Gasteiger partial charge in [0, 0.05) is 18.6 Å². The molecule has 0 amide bonds. The van der Waals surface area contributed by atoms with Crippen molar-refractivity contribution in [3.63, 3.8) is 0 Å². The molecular weight excluding hydrogens is 246 g/mol. The van der Waals surface area contributed by atoms with E-state index in [4.69, 9.17) is 4.98 Å². The zero-order valence-electron chi connectivity index (χ0n) is 12.8. The zero-order chi connectivity index (χ0) is 13.9. The summed E-state index contributed by atoms with van der Waals surface area (Å²) >= 11 is 0. The fourth-order valence-electron chi connectivity index (χ4n) is 3.79. The molecule has 110 valence electrons. The lowest BCUT2D eigenvalue weighted by molar-refractivity contribution is 0.507. The second-order valence-electron chi connectivity index (χ2n) is 6.34. The highest BCUT2D eigenvalue weighted by molar-refractivity contribution is 5.48. The molecule has 2 fully saturated rings. The van der Waals surface area contributed by atoms with Gasteiger partial charge in [0.2, 0.25) is 0 Å². The summed E-state index contributed by atoms with van der Waals surface area (Å²) in [5.41, 5.74) is 2.51. The molecule has 3 rings (SSSR count). The van der Waals surface area contributed by atoms with Crippen LogP contribution in [0.25, 0.3) is 0 Å². The monoisotopic (exact) mass is 273 g/mol. The van der Waals surface area contributed by atoms with Crippen molar-refractivity contribution in [2.75, 3.05) is 18.0 Å². The fourth-order valence-corrected chi connectivity index (χ4v) is 3.79. The van der Waals surface area contributed by atoms with Crippen LogP contribution in [0.2, 0.25) is 0 Å². The van der Waals surface area contributed by atoms with Gasteiger partial charge in [-0.15, -0.1) is 0 Å². The third-order valence-electron chi connectivity index (χ3n) is 4.92. The third kappa shape index (κ3) is 2.69. The first-order valence-electron chi connectivity index (χ1n) is 8.27. The minimum Gasteiger partial charge on any atom is -0.367 e. The summed E-state index contributed by atoms with van der Waals surface area (Å²) in [4.78, 5) is 7.30. The zero-order valence-corrected chi connectivity index (χ0v) is 12.8. The second-order valence-corrected chi connectivity index (χ2v) is 6.34. The SMILES string of the molecule is CCCNC(CC)c1ccc(N2CC3CCC2C3)cn1. The van der Waals surface area contributed by atoms with E-state index in [0.717, 1.165) is 24.9 Å². The highest BCUT2D eigenvalue weighted by atomic mass is 15.2. The van der Waals surface area contributed by atoms with E-state index in [2.05, 4.69) is 42.4 Å². The number of nitrogens with one attached hydrogen (secondary N) is 1. The van der Waals surface area contributed by atoms with Gasteiger partial charge < -0.3 is 10.2 Å². The van der Waals surface area contributed by atoms with E-state index in [0.29, 0.717) is 6.04 Å². The average molecular weight is 273 g/mol. The van der Waals surface area contributed by atoms with Crippen molar-refractivity contribution in [1.82, 2.24) is 10.3 Å². The molecule has 1 aromatic rings. The molecule has 2 aliphatic rings. The van der Waals surface area contributed by atoms with E-state index in [1.807, 2.05) is 0 Å². The maximum Gasteiger partial charge on any atom is 0.0574 e. The maximum atomic E-state index is 4.73. The third-order valence-corrected chi connectivity index (χ3v) is 4.92. The summed E-state index contributed by atoms with van der Waals surface area (Å²) in [5.74, 6) is 0.939. The number of nitrogens with zero attached hydrogens (tertiary/aromatic N) is 2. The Hall–Kier alpha value is -1.09. The fraction of sp³-hybridized carbons (Fsp3) is 0.706. The van der Waals surface area contributed by atoms with E-state index in [1.165, 1.54) is 43.6 Å². The summed E-state index contributed by atoms with van der Waals surface area (Å²) in [6.07, 6.45) is 8.57. The molecule has 1 saturated carbocycles. The van der Waals surface area contributed by atoms with Crippen LogP contribution in [0.5, 0.6) is 0 Å². The number of aromatic nitrogens is 1. The number of pyridine rings is 1. The van der Waals surface area contributed by atoms with Gasteiger partial charge in [-0.05, 0) is 56.7 Å². The van der Waals surface area contributed by atoms with Crippen LogP contribution in [-0.4, -0.2) is 24.1 Å². The minimum atomic E-state index is 0.402. The van der Waals surface area contributed by atoms with Crippen LogP contribution in [0.4, 0.5) is 5.69 Å². The molecule has 3 nitrogen and oxygen atoms in total. The summed E-state index contributed by atoms with van der Waals surface area (Å²) in [6, 6.07) is 5.68. The van der Waals surface area contributed by atoms with Gasteiger partial charge in [0.1, 0.15) is 0 Å². The molecule has 20 heavy (non-hydrogen) atoms. The number of anilines is 1. The standard InChI is InChI=1S/C17H27N3/c1-3-9-18-16(4-2)17-8-7-15(11-19-17)20-12-13-5-6-14(20)10-13/h7-8,11,13-14,16,18H,3-6,9-10,12H2,1-2H3. The van der Waals surface area contributed by atoms with E-state index >= 15 is 0 Å². The van der Waals surface area contributed by atoms with Crippen LogP contribution in [0.15, 0.2) is 18.3 Å². The van der Waals surface area contributed by atoms with E-state index in [-0.39, 0.29) is 0 Å². The van der Waals surface area contributed by atoms with Crippen molar-refractivity contribution < 1.29 is 0 Å². The molecule has 3 heteroatoms. The predicted octanol–water partition coefficient (Wildman–Crippen LogP) is 3.52. The number of hydrogen-bond acceptors (Lipinski definition) is 3. The van der Waals surface area contributed by atoms with Gasteiger partial charge in [-0.3, -0.25) is 4.98 Å². The Bertz CT molecular complexity index is 428. The smallest absolute Gasteiger partial charge is 0.0574 e. The quantitative estimate of drug-likeness (QED) is 0.859. The van der Waals surface area contributed by atoms with Gasteiger partial charge in [0.25, 0.3) is 0 Å². The van der Waals surface area contributed by atoms with Gasteiger partial charge >= 0.3 is 0 Å². The topological polar surface area (TPSA) is 28.2 Å². The van der Waals surface area contributed by atoms with Crippen LogP contribution in [0.1, 0.15) is 57.7 Å². The van der Waals surface area contributed by atoms with Crippen molar-refractivity contribution in [3.05, 3.63) is 24.0 Å². The molecule has 1 saturated heterocycles. The summed E-state index contributed by atoms with van der Waals surface area (Å²) in [6.45, 7) is 6.75. The van der Waals surface area contributed by atoms with Gasteiger partial charge in [-0.1, -0.05) is 13.8 Å². The molecule has 2 bridgehead atoms. The Morgan fingerprint density at radius 2 is 2.25 bits per heavy atom. The summed E-state index contributed by atoms with van der Waals surface area (Å²) in [5, 5.41) is 3.58. The molecule has 2 heterocycles. The lowest BCUT2D eigenvalue weighted by atomic mass is 10.1. The van der Waals surface area contributed by atoms with E-state index in [1.54, 1.807) is 0 Å². The molecular formula is C17H27N3. The Kier molecular flexibility index (Phi) is 4.25. The van der Waals surface area contributed by atoms with E-state index < -0.39 is 0 Å². The first-order valence-corrected chi connectivity index (χ1v) is 8.27. The van der Waals surface area contributed by atoms with Crippen LogP contribution in [-0.2, 0) is 0 Å². The molecule has 0 aromatic carbocycles. The number of piperidine rings is 1. The lowest BCUT2D eigenvalue weighted by Crippen LogP contribution is -2.32. The first-order chi connectivity index (χ1) is 9.81. The molecule has 1 N–H and O–H groups in total. The van der Waals surface area contributed by atoms with Crippen LogP contribution in [0, 0.1) is 5.92 Å². The molecule has 0 spiro atoms. The van der Waals surface area contributed by atoms with Crippen molar-refractivity contribution in [1.29, 1.82) is 0 Å². The Morgan fingerprint density at radius 3 is 2.80 bits per heavy atom. The Morgan fingerprint density at radius 1 is 1.35 bits per heavy atom. The van der Waals surface area contributed by atoms with Crippen LogP contribution in [0.3, 0.4) is 0 Å². The Labute approximate surface area is 122 Å². The number of rotatable bonds is 6. The summed E-state index contributed by atoms with van der Waals surface area (Å²) < 4.78 is 0. The minimum absolute atomic E-state index is 0.402. The van der Waals surface area contributed by atoms with Gasteiger partial charge in [0.05, 0.1) is 17.6 Å². The van der Waals surface area contributed by atoms with Crippen molar-refractivity contribution in [2.24, 2.45) is 5.92 Å². The lowest BCUT2D eigenvalue weighted by Gasteiger charge is -2.29. The first kappa shape index (κ1) is 13.9. The van der Waals surface area contributed by atoms with Gasteiger partial charge in [0.15, 0.2) is 0 Å². The Balaban J connectivity index is 1.67. The highest BCUT2D eigenvalue weighted by Gasteiger charge is 2.37. The number of hydrogen-bond donors (Lipinski definition) is 1. The largest absolute Gasteiger partial charge is 0.367 e. The molecule has 3 atom stereocenters. The molecule has 1 aromatic heterocycles. The second kappa shape index (κ2) is 6.13. The van der Waals surface area contributed by atoms with Crippen LogP contribution < -0.4 is 10.2 Å². The highest BCUT2D eigenvalue weighted by Crippen LogP contribution is 2.39. The average Bonchev–Trinajstić information content (AvgIpc) is 3.11.